The number of aliphatic hydroxyl groups is 1. The van der Waals surface area contributed by atoms with Crippen molar-refractivity contribution in [2.45, 2.75) is 93.0 Å². The minimum Gasteiger partial charge on any atom is -0.449 e. The maximum atomic E-state index is 13.3. The minimum absolute atomic E-state index is 0.0900. The van der Waals surface area contributed by atoms with Gasteiger partial charge in [0.25, 0.3) is 11.8 Å². The average molecular weight is 614 g/mol. The molecule has 4 N–H and O–H groups in total. The first kappa shape index (κ1) is 36.5. The summed E-state index contributed by atoms with van der Waals surface area (Å²) in [5.41, 5.74) is 1.24. The molecule has 244 valence electrons. The molecule has 0 fully saturated rings. The molecule has 0 radical (unpaired) electrons. The van der Waals surface area contributed by atoms with Gasteiger partial charge in [0.15, 0.2) is 5.89 Å². The highest BCUT2D eigenvalue weighted by atomic mass is 16.3. The Balaban J connectivity index is 2.08. The summed E-state index contributed by atoms with van der Waals surface area (Å²) in [5.74, 6) is -1.08. The summed E-state index contributed by atoms with van der Waals surface area (Å²) in [4.78, 5) is 57.8. The standard InChI is InChI=1S/C33H51N5O6/c1-19(2)13-27(28(39)14-22(7)30(40)37-29(21(5)6)32(42)34-16-20(3)4)36-31(41)24-11-10-12-25(15-24)33(43)38(9)17-26-18-44-23(8)35-26/h10-12,15,18-22,27-29,39H,13-14,16-17H2,1-9H3,(H,34,42)(H,36,41)(H,37,40). The van der Waals surface area contributed by atoms with Crippen molar-refractivity contribution in [3.63, 3.8) is 0 Å². The zero-order chi connectivity index (χ0) is 33.1. The van der Waals surface area contributed by atoms with Crippen molar-refractivity contribution in [1.29, 1.82) is 0 Å². The Morgan fingerprint density at radius 3 is 2.16 bits per heavy atom. The average Bonchev–Trinajstić information content (AvgIpc) is 3.37. The number of oxazole rings is 1. The highest BCUT2D eigenvalue weighted by Gasteiger charge is 2.30. The summed E-state index contributed by atoms with van der Waals surface area (Å²) in [6.45, 7) is 15.9. The van der Waals surface area contributed by atoms with Gasteiger partial charge in [-0.2, -0.15) is 0 Å². The molecule has 2 aromatic rings. The van der Waals surface area contributed by atoms with Crippen LogP contribution >= 0.6 is 0 Å². The van der Waals surface area contributed by atoms with E-state index in [0.29, 0.717) is 30.1 Å². The van der Waals surface area contributed by atoms with Crippen LogP contribution in [0.5, 0.6) is 0 Å². The number of hydrogen-bond donors (Lipinski definition) is 4. The van der Waals surface area contributed by atoms with Crippen LogP contribution in [0.1, 0.15) is 93.6 Å². The second-order valence-corrected chi connectivity index (χ2v) is 12.9. The van der Waals surface area contributed by atoms with E-state index >= 15 is 0 Å². The zero-order valence-corrected chi connectivity index (χ0v) is 27.6. The maximum Gasteiger partial charge on any atom is 0.253 e. The van der Waals surface area contributed by atoms with E-state index in [1.165, 1.54) is 17.2 Å². The molecule has 1 aromatic heterocycles. The van der Waals surface area contributed by atoms with Gasteiger partial charge in [-0.25, -0.2) is 4.98 Å². The van der Waals surface area contributed by atoms with Crippen LogP contribution in [0, 0.1) is 30.6 Å². The highest BCUT2D eigenvalue weighted by Crippen LogP contribution is 2.18. The van der Waals surface area contributed by atoms with Crippen LogP contribution in [-0.4, -0.2) is 70.4 Å². The maximum absolute atomic E-state index is 13.3. The SMILES string of the molecule is Cc1nc(CN(C)C(=O)c2cccc(C(=O)NC(CC(C)C)C(O)CC(C)C(=O)NC(C(=O)NCC(C)C)C(C)C)c2)co1. The predicted molar refractivity (Wildman–Crippen MR) is 169 cm³/mol. The number of carbonyl (C=O) groups is 4. The van der Waals surface area contributed by atoms with Gasteiger partial charge in [-0.05, 0) is 48.8 Å². The second-order valence-electron chi connectivity index (χ2n) is 12.9. The van der Waals surface area contributed by atoms with Gasteiger partial charge >= 0.3 is 0 Å². The van der Waals surface area contributed by atoms with E-state index in [0.717, 1.165) is 0 Å². The summed E-state index contributed by atoms with van der Waals surface area (Å²) in [5, 5.41) is 19.8. The Bertz CT molecular complexity index is 1260. The molecule has 0 saturated heterocycles. The van der Waals surface area contributed by atoms with Crippen LogP contribution in [0.2, 0.25) is 0 Å². The summed E-state index contributed by atoms with van der Waals surface area (Å²) < 4.78 is 5.21. The van der Waals surface area contributed by atoms with Gasteiger partial charge in [0.2, 0.25) is 11.8 Å². The zero-order valence-electron chi connectivity index (χ0n) is 27.6. The minimum atomic E-state index is -1.02. The van der Waals surface area contributed by atoms with E-state index in [1.54, 1.807) is 39.1 Å². The van der Waals surface area contributed by atoms with E-state index in [1.807, 2.05) is 41.5 Å². The third kappa shape index (κ3) is 11.4. The Morgan fingerprint density at radius 2 is 1.59 bits per heavy atom. The lowest BCUT2D eigenvalue weighted by atomic mass is 9.91. The van der Waals surface area contributed by atoms with E-state index in [2.05, 4.69) is 20.9 Å². The molecular formula is C33H51N5O6. The smallest absolute Gasteiger partial charge is 0.253 e. The van der Waals surface area contributed by atoms with Gasteiger partial charge in [0.05, 0.1) is 24.4 Å². The number of aromatic nitrogens is 1. The number of benzene rings is 1. The molecule has 4 unspecified atom stereocenters. The Labute approximate surface area is 261 Å². The molecule has 11 heteroatoms. The first-order valence-electron chi connectivity index (χ1n) is 15.4. The lowest BCUT2D eigenvalue weighted by Gasteiger charge is -2.29. The van der Waals surface area contributed by atoms with E-state index < -0.39 is 30.0 Å². The van der Waals surface area contributed by atoms with Crippen LogP contribution in [0.3, 0.4) is 0 Å². The summed E-state index contributed by atoms with van der Waals surface area (Å²) in [6.07, 6.45) is 1.05. The quantitative estimate of drug-likeness (QED) is 0.225. The van der Waals surface area contributed by atoms with E-state index in [4.69, 9.17) is 4.42 Å². The fraction of sp³-hybridized carbons (Fsp3) is 0.606. The molecule has 11 nitrogen and oxygen atoms in total. The van der Waals surface area contributed by atoms with Crippen molar-refractivity contribution in [1.82, 2.24) is 25.8 Å². The number of aryl methyl sites for hydroxylation is 1. The molecule has 0 aliphatic rings. The Hall–Kier alpha value is -3.73. The van der Waals surface area contributed by atoms with Crippen LogP contribution in [0.25, 0.3) is 0 Å². The second kappa shape index (κ2) is 16.9. The molecular weight excluding hydrogens is 562 g/mol. The summed E-state index contributed by atoms with van der Waals surface area (Å²) in [6, 6.07) is 5.08. The van der Waals surface area contributed by atoms with E-state index in [-0.39, 0.29) is 54.0 Å². The molecule has 4 atom stereocenters. The molecule has 0 bridgehead atoms. The van der Waals surface area contributed by atoms with Crippen LogP contribution in [0.15, 0.2) is 34.9 Å². The van der Waals surface area contributed by atoms with Crippen molar-refractivity contribution in [2.75, 3.05) is 13.6 Å². The first-order valence-corrected chi connectivity index (χ1v) is 15.4. The van der Waals surface area contributed by atoms with Crippen LogP contribution in [0.4, 0.5) is 0 Å². The molecule has 4 amide bonds. The number of carbonyl (C=O) groups excluding carboxylic acids is 4. The number of amides is 4. The van der Waals surface area contributed by atoms with Gasteiger partial charge in [-0.1, -0.05) is 54.5 Å². The Morgan fingerprint density at radius 1 is 0.932 bits per heavy atom. The molecule has 1 aromatic carbocycles. The monoisotopic (exact) mass is 613 g/mol. The third-order valence-corrected chi connectivity index (χ3v) is 7.26. The van der Waals surface area contributed by atoms with Gasteiger partial charge in [0, 0.05) is 37.6 Å². The molecule has 44 heavy (non-hydrogen) atoms. The lowest BCUT2D eigenvalue weighted by Crippen LogP contribution is -2.52. The molecule has 0 aliphatic carbocycles. The highest BCUT2D eigenvalue weighted by molar-refractivity contribution is 5.99. The van der Waals surface area contributed by atoms with Crippen molar-refractivity contribution >= 4 is 23.6 Å². The fourth-order valence-electron chi connectivity index (χ4n) is 4.76. The largest absolute Gasteiger partial charge is 0.449 e. The van der Waals surface area contributed by atoms with Gasteiger partial charge < -0.3 is 30.4 Å². The summed E-state index contributed by atoms with van der Waals surface area (Å²) in [7, 11) is 1.65. The third-order valence-electron chi connectivity index (χ3n) is 7.26. The topological polar surface area (TPSA) is 154 Å². The number of nitrogens with zero attached hydrogens (tertiary/aromatic N) is 2. The molecule has 0 spiro atoms. The van der Waals surface area contributed by atoms with Crippen LogP contribution in [-0.2, 0) is 16.1 Å². The van der Waals surface area contributed by atoms with E-state index in [9.17, 15) is 24.3 Å². The molecule has 0 saturated carbocycles. The van der Waals surface area contributed by atoms with Crippen molar-refractivity contribution in [3.8, 4) is 0 Å². The van der Waals surface area contributed by atoms with Gasteiger partial charge in [-0.15, -0.1) is 0 Å². The molecule has 0 aliphatic heterocycles. The van der Waals surface area contributed by atoms with Crippen molar-refractivity contribution in [2.24, 2.45) is 23.7 Å². The van der Waals surface area contributed by atoms with Crippen molar-refractivity contribution in [3.05, 3.63) is 53.2 Å². The van der Waals surface area contributed by atoms with Gasteiger partial charge in [0.1, 0.15) is 12.3 Å². The lowest BCUT2D eigenvalue weighted by molar-refractivity contribution is -0.132. The van der Waals surface area contributed by atoms with Gasteiger partial charge in [-0.3, -0.25) is 19.2 Å². The number of nitrogens with one attached hydrogen (secondary N) is 3. The first-order chi connectivity index (χ1) is 20.6. The molecule has 2 rings (SSSR count). The summed E-state index contributed by atoms with van der Waals surface area (Å²) >= 11 is 0. The fourth-order valence-corrected chi connectivity index (χ4v) is 4.76. The molecule has 1 heterocycles. The van der Waals surface area contributed by atoms with Crippen molar-refractivity contribution < 1.29 is 28.7 Å². The normalized spacial score (nSPS) is 14.2. The Kier molecular flexibility index (Phi) is 14.0. The van der Waals surface area contributed by atoms with Crippen LogP contribution < -0.4 is 16.0 Å². The number of rotatable bonds is 16. The number of aliphatic hydroxyl groups excluding tert-OH is 1. The number of hydrogen-bond acceptors (Lipinski definition) is 7. The predicted octanol–water partition coefficient (Wildman–Crippen LogP) is 3.70.